The Labute approximate surface area is 119 Å². The van der Waals surface area contributed by atoms with Crippen LogP contribution in [0.3, 0.4) is 0 Å². The van der Waals surface area contributed by atoms with Gasteiger partial charge in [0.15, 0.2) is 0 Å². The summed E-state index contributed by atoms with van der Waals surface area (Å²) in [5, 5.41) is 4.20. The van der Waals surface area contributed by atoms with Crippen LogP contribution in [0.1, 0.15) is 30.7 Å². The third-order valence-corrected chi connectivity index (χ3v) is 3.28. The van der Waals surface area contributed by atoms with Gasteiger partial charge in [0, 0.05) is 35.9 Å². The molecular weight excluding hydrogens is 256 g/mol. The van der Waals surface area contributed by atoms with Crippen LogP contribution in [0.5, 0.6) is 0 Å². The summed E-state index contributed by atoms with van der Waals surface area (Å²) < 4.78 is 0. The van der Waals surface area contributed by atoms with Crippen LogP contribution in [0.15, 0.2) is 42.6 Å². The van der Waals surface area contributed by atoms with E-state index in [1.54, 1.807) is 0 Å². The first-order chi connectivity index (χ1) is 9.15. The zero-order valence-electron chi connectivity index (χ0n) is 11.4. The number of halogens is 1. The number of aromatic nitrogens is 1. The van der Waals surface area contributed by atoms with Crippen LogP contribution in [-0.4, -0.2) is 11.0 Å². The molecule has 1 heterocycles. The molecule has 2 nitrogen and oxygen atoms in total. The Morgan fingerprint density at radius 2 is 2.05 bits per heavy atom. The smallest absolute Gasteiger partial charge is 0.0453 e. The highest BCUT2D eigenvalue weighted by Gasteiger charge is 2.04. The highest BCUT2D eigenvalue weighted by molar-refractivity contribution is 6.31. The van der Waals surface area contributed by atoms with Gasteiger partial charge in [-0.05, 0) is 29.3 Å². The van der Waals surface area contributed by atoms with Crippen molar-refractivity contribution in [2.24, 2.45) is 0 Å². The predicted molar refractivity (Wildman–Crippen MR) is 80.5 cm³/mol. The van der Waals surface area contributed by atoms with E-state index < -0.39 is 0 Å². The zero-order chi connectivity index (χ0) is 13.7. The van der Waals surface area contributed by atoms with Crippen molar-refractivity contribution < 1.29 is 0 Å². The summed E-state index contributed by atoms with van der Waals surface area (Å²) in [4.78, 5) is 4.33. The van der Waals surface area contributed by atoms with Gasteiger partial charge in [-0.3, -0.25) is 4.98 Å². The number of nitrogens with zero attached hydrogens (tertiary/aromatic N) is 1. The second kappa shape index (κ2) is 6.69. The fraction of sp³-hybridized carbons (Fsp3) is 0.312. The molecule has 100 valence electrons. The third kappa shape index (κ3) is 4.34. The second-order valence-electron chi connectivity index (χ2n) is 4.96. The normalized spacial score (nSPS) is 10.9. The molecule has 19 heavy (non-hydrogen) atoms. The minimum atomic E-state index is 0.462. The van der Waals surface area contributed by atoms with Crippen LogP contribution in [0.25, 0.3) is 0 Å². The van der Waals surface area contributed by atoms with Gasteiger partial charge in [-0.2, -0.15) is 0 Å². The number of hydrogen-bond donors (Lipinski definition) is 1. The van der Waals surface area contributed by atoms with Gasteiger partial charge in [0.2, 0.25) is 0 Å². The topological polar surface area (TPSA) is 24.9 Å². The molecule has 2 rings (SSSR count). The van der Waals surface area contributed by atoms with Crippen LogP contribution in [0.2, 0.25) is 5.02 Å². The van der Waals surface area contributed by atoms with Crippen LogP contribution < -0.4 is 5.32 Å². The molecule has 0 atom stereocenters. The molecule has 3 heteroatoms. The standard InChI is InChI=1S/C16H19ClN2/c1-12(2)19-11-14-7-6-13(10-16(14)17)9-15-5-3-4-8-18-15/h3-8,10,12,19H,9,11H2,1-2H3. The van der Waals surface area contributed by atoms with Crippen molar-refractivity contribution in [3.63, 3.8) is 0 Å². The van der Waals surface area contributed by atoms with Crippen molar-refractivity contribution >= 4 is 11.6 Å². The molecule has 0 aliphatic carbocycles. The largest absolute Gasteiger partial charge is 0.310 e. The number of nitrogens with one attached hydrogen (secondary N) is 1. The maximum Gasteiger partial charge on any atom is 0.0453 e. The number of hydrogen-bond acceptors (Lipinski definition) is 2. The van der Waals surface area contributed by atoms with Crippen molar-refractivity contribution in [3.8, 4) is 0 Å². The van der Waals surface area contributed by atoms with E-state index in [1.807, 2.05) is 30.5 Å². The summed E-state index contributed by atoms with van der Waals surface area (Å²) in [6.45, 7) is 5.06. The molecule has 1 aromatic heterocycles. The first-order valence-corrected chi connectivity index (χ1v) is 6.93. The molecule has 0 fully saturated rings. The molecule has 0 amide bonds. The van der Waals surface area contributed by atoms with E-state index in [0.717, 1.165) is 29.2 Å². The Balaban J connectivity index is 2.06. The summed E-state index contributed by atoms with van der Waals surface area (Å²) in [5.74, 6) is 0. The first-order valence-electron chi connectivity index (χ1n) is 6.56. The monoisotopic (exact) mass is 274 g/mol. The van der Waals surface area contributed by atoms with Gasteiger partial charge in [0.05, 0.1) is 0 Å². The van der Waals surface area contributed by atoms with Crippen LogP contribution >= 0.6 is 11.6 Å². The van der Waals surface area contributed by atoms with Gasteiger partial charge in [-0.15, -0.1) is 0 Å². The molecule has 0 unspecified atom stereocenters. The lowest BCUT2D eigenvalue weighted by Gasteiger charge is -2.10. The highest BCUT2D eigenvalue weighted by Crippen LogP contribution is 2.19. The van der Waals surface area contributed by atoms with Crippen molar-refractivity contribution in [1.29, 1.82) is 0 Å². The second-order valence-corrected chi connectivity index (χ2v) is 5.37. The van der Waals surface area contributed by atoms with E-state index in [4.69, 9.17) is 11.6 Å². The van der Waals surface area contributed by atoms with E-state index in [2.05, 4.69) is 36.3 Å². The van der Waals surface area contributed by atoms with Gasteiger partial charge in [0.1, 0.15) is 0 Å². The quantitative estimate of drug-likeness (QED) is 0.896. The molecule has 2 aromatic rings. The van der Waals surface area contributed by atoms with E-state index in [0.29, 0.717) is 6.04 Å². The van der Waals surface area contributed by atoms with Gasteiger partial charge in [0.25, 0.3) is 0 Å². The Hall–Kier alpha value is -1.38. The Morgan fingerprint density at radius 3 is 2.68 bits per heavy atom. The van der Waals surface area contributed by atoms with Gasteiger partial charge in [-0.25, -0.2) is 0 Å². The molecule has 1 N–H and O–H groups in total. The molecule has 0 bridgehead atoms. The average Bonchev–Trinajstić information content (AvgIpc) is 2.39. The van der Waals surface area contributed by atoms with Gasteiger partial charge in [-0.1, -0.05) is 43.6 Å². The molecule has 0 saturated carbocycles. The third-order valence-electron chi connectivity index (χ3n) is 2.93. The Bertz CT molecular complexity index is 524. The van der Waals surface area contributed by atoms with E-state index in [-0.39, 0.29) is 0 Å². The summed E-state index contributed by atoms with van der Waals surface area (Å²) in [6.07, 6.45) is 2.64. The van der Waals surface area contributed by atoms with Crippen molar-refractivity contribution in [3.05, 3.63) is 64.4 Å². The summed E-state index contributed by atoms with van der Waals surface area (Å²) >= 11 is 6.32. The first kappa shape index (κ1) is 14.0. The molecule has 0 aliphatic heterocycles. The van der Waals surface area contributed by atoms with E-state index >= 15 is 0 Å². The predicted octanol–water partition coefficient (Wildman–Crippen LogP) is 3.82. The Kier molecular flexibility index (Phi) is 4.94. The number of rotatable bonds is 5. The minimum absolute atomic E-state index is 0.462. The minimum Gasteiger partial charge on any atom is -0.310 e. The van der Waals surface area contributed by atoms with E-state index in [1.165, 1.54) is 5.56 Å². The van der Waals surface area contributed by atoms with E-state index in [9.17, 15) is 0 Å². The molecule has 0 spiro atoms. The molecule has 0 aliphatic rings. The van der Waals surface area contributed by atoms with Crippen molar-refractivity contribution in [1.82, 2.24) is 10.3 Å². The lowest BCUT2D eigenvalue weighted by molar-refractivity contribution is 0.589. The van der Waals surface area contributed by atoms with Crippen LogP contribution in [-0.2, 0) is 13.0 Å². The zero-order valence-corrected chi connectivity index (χ0v) is 12.1. The maximum atomic E-state index is 6.32. The molecule has 1 aromatic carbocycles. The fourth-order valence-corrected chi connectivity index (χ4v) is 2.14. The fourth-order valence-electron chi connectivity index (χ4n) is 1.87. The lowest BCUT2D eigenvalue weighted by atomic mass is 10.1. The average molecular weight is 275 g/mol. The summed E-state index contributed by atoms with van der Waals surface area (Å²) in [6, 6.07) is 12.7. The maximum absolute atomic E-state index is 6.32. The highest BCUT2D eigenvalue weighted by atomic mass is 35.5. The molecule has 0 saturated heterocycles. The van der Waals surface area contributed by atoms with Crippen molar-refractivity contribution in [2.75, 3.05) is 0 Å². The molecular formula is C16H19ClN2. The summed E-state index contributed by atoms with van der Waals surface area (Å²) in [7, 11) is 0. The number of benzene rings is 1. The Morgan fingerprint density at radius 1 is 1.21 bits per heavy atom. The lowest BCUT2D eigenvalue weighted by Crippen LogP contribution is -2.21. The number of pyridine rings is 1. The van der Waals surface area contributed by atoms with Gasteiger partial charge < -0.3 is 5.32 Å². The van der Waals surface area contributed by atoms with Crippen LogP contribution in [0, 0.1) is 0 Å². The van der Waals surface area contributed by atoms with Crippen molar-refractivity contribution in [2.45, 2.75) is 32.9 Å². The van der Waals surface area contributed by atoms with Crippen LogP contribution in [0.4, 0.5) is 0 Å². The SMILES string of the molecule is CC(C)NCc1ccc(Cc2ccccn2)cc1Cl. The van der Waals surface area contributed by atoms with Gasteiger partial charge >= 0.3 is 0 Å². The summed E-state index contributed by atoms with van der Waals surface area (Å²) in [5.41, 5.74) is 3.39. The molecule has 0 radical (unpaired) electrons.